The van der Waals surface area contributed by atoms with E-state index in [1.54, 1.807) is 43.3 Å². The number of halogens is 1. The number of nitrogens with zero attached hydrogens (tertiary/aromatic N) is 10. The van der Waals surface area contributed by atoms with Gasteiger partial charge in [0.15, 0.2) is 17.1 Å². The number of azo groups is 3. The Bertz CT molecular complexity index is 3810. The highest BCUT2D eigenvalue weighted by atomic mass is 35.5. The van der Waals surface area contributed by atoms with Crippen molar-refractivity contribution in [2.24, 2.45) is 30.7 Å². The molecule has 3 heterocycles. The molecule has 0 fully saturated rings. The minimum Gasteiger partial charge on any atom is -0.505 e. The fraction of sp³-hybridized carbons (Fsp3) is 0.125. The summed E-state index contributed by atoms with van der Waals surface area (Å²) in [6.45, 7) is 2.85. The molecular weight excluding hydrogens is 1060 g/mol. The van der Waals surface area contributed by atoms with E-state index >= 15 is 0 Å². The fourth-order valence-corrected chi connectivity index (χ4v) is 10.3. The molecule has 5 aromatic carbocycles. The molecule has 0 saturated heterocycles. The molecule has 3 aromatic heterocycles. The predicted molar refractivity (Wildman–Crippen MR) is 255 cm³/mol. The van der Waals surface area contributed by atoms with E-state index in [1.807, 2.05) is 6.07 Å². The number of hydrogen-bond acceptors (Lipinski definition) is 25. The van der Waals surface area contributed by atoms with Gasteiger partial charge in [0.25, 0.3) is 20.2 Å². The summed E-state index contributed by atoms with van der Waals surface area (Å²) in [4.78, 5) is 8.13. The first kappa shape index (κ1) is 50.8. The second-order valence-corrected chi connectivity index (χ2v) is 20.3. The summed E-state index contributed by atoms with van der Waals surface area (Å²) < 4.78 is 85.9. The molecule has 0 saturated carbocycles. The molecule has 0 amide bonds. The molecule has 8 aromatic rings. The third kappa shape index (κ3) is 10.9. The number of pyridine rings is 1. The number of phenolic OH excluding ortho intramolecular Hbond substituents is 1. The zero-order valence-electron chi connectivity index (χ0n) is 35.7. The van der Waals surface area contributed by atoms with E-state index in [-0.39, 0.29) is 90.5 Å². The van der Waals surface area contributed by atoms with E-state index < -0.39 is 53.9 Å². The van der Waals surface area contributed by atoms with Crippen molar-refractivity contribution < 1.29 is 70.1 Å². The lowest BCUT2D eigenvalue weighted by atomic mass is 10.1. The third-order valence-corrected chi connectivity index (χ3v) is 14.4. The van der Waals surface area contributed by atoms with Crippen LogP contribution in [0.2, 0.25) is 5.02 Å². The van der Waals surface area contributed by atoms with Crippen molar-refractivity contribution in [2.75, 3.05) is 12.4 Å². The Balaban J connectivity index is 1.19. The zero-order chi connectivity index (χ0) is 50.8. The van der Waals surface area contributed by atoms with E-state index in [9.17, 15) is 41.4 Å². The maximum Gasteiger partial charge on any atom is 0.297 e. The molecule has 0 aliphatic carbocycles. The van der Waals surface area contributed by atoms with Crippen molar-refractivity contribution in [1.29, 1.82) is 5.26 Å². The largest absolute Gasteiger partial charge is 0.505 e. The van der Waals surface area contributed by atoms with Crippen LogP contribution < -0.4 is 4.74 Å². The second kappa shape index (κ2) is 21.0. The number of aromatic nitrogens is 3. The van der Waals surface area contributed by atoms with Crippen molar-refractivity contribution in [1.82, 2.24) is 14.4 Å². The number of benzene rings is 5. The lowest BCUT2D eigenvalue weighted by molar-refractivity contribution is -0.432. The lowest BCUT2D eigenvalue weighted by Gasteiger charge is -2.13. The van der Waals surface area contributed by atoms with E-state index in [0.717, 1.165) is 23.5 Å². The van der Waals surface area contributed by atoms with E-state index in [4.69, 9.17) is 26.9 Å². The van der Waals surface area contributed by atoms with Gasteiger partial charge in [-0.25, -0.2) is 20.5 Å². The van der Waals surface area contributed by atoms with Gasteiger partial charge in [-0.15, -0.1) is 39.4 Å². The number of rotatable bonds is 18. The summed E-state index contributed by atoms with van der Waals surface area (Å²) in [5, 5.41) is 83.3. The molecule has 0 unspecified atom stereocenters. The Hall–Kier alpha value is -6.54. The molecule has 0 atom stereocenters. The standard InChI is InChI=1S/C40H29ClN10O15S5/c1-18-12-27(30(62-10-5-11-70(56,57)58)15-26(18)46-50-40-44-28-16-31(68-65-63-54)23(41)14-32(28)67-40)47-49-35-33(69-66-64-55)13-21-20(36(35)52)8-9-25(37(21)71(59,60)61)45-48-34-19(2)22(17-42)38-43-24-6-3-4-7-29(24)51(38)39(34)53/h3-4,6-9,12-16,52-55H,5,10-11H2,1-2H3,(H,56,57,58)(H,59,60,61). The van der Waals surface area contributed by atoms with E-state index in [2.05, 4.69) is 59.4 Å². The highest BCUT2D eigenvalue weighted by Gasteiger charge is 2.26. The summed E-state index contributed by atoms with van der Waals surface area (Å²) in [5.41, 5.74) is 1.22. The number of nitriles is 1. The van der Waals surface area contributed by atoms with E-state index in [1.165, 1.54) is 29.5 Å². The number of phenols is 1. The number of aromatic hydroxyl groups is 2. The van der Waals surface area contributed by atoms with Gasteiger partial charge in [0, 0.05) is 22.4 Å². The SMILES string of the molecule is Cc1cc(N=Nc2c(SOOO)cc3c(S(=O)(=O)O)c(N=Nc4c(C)c(C#N)c5nc6ccccc6n5c4O)ccc3c2O)c(OCCCS(=O)(=O)O)cc1N=Nc1nc2cc(SOOO)c(Cl)cc2s1. The van der Waals surface area contributed by atoms with Crippen molar-refractivity contribution in [2.45, 2.75) is 35.0 Å². The Morgan fingerprint density at radius 2 is 1.51 bits per heavy atom. The Kier molecular flexibility index (Phi) is 15.1. The van der Waals surface area contributed by atoms with Crippen LogP contribution in [-0.4, -0.2) is 73.4 Å². The van der Waals surface area contributed by atoms with Gasteiger partial charge in [-0.2, -0.15) is 22.1 Å². The van der Waals surface area contributed by atoms with Gasteiger partial charge < -0.3 is 14.9 Å². The number of ether oxygens (including phenoxy) is 1. The van der Waals surface area contributed by atoms with E-state index in [0.29, 0.717) is 43.8 Å². The zero-order valence-corrected chi connectivity index (χ0v) is 40.6. The van der Waals surface area contributed by atoms with Crippen molar-refractivity contribution >= 4 is 138 Å². The number of imidazole rings is 1. The third-order valence-electron chi connectivity index (χ3n) is 10.1. The van der Waals surface area contributed by atoms with Crippen LogP contribution in [0.25, 0.3) is 37.7 Å². The second-order valence-electron chi connectivity index (χ2n) is 14.5. The van der Waals surface area contributed by atoms with Gasteiger partial charge in [0.05, 0.1) is 78.2 Å². The van der Waals surface area contributed by atoms with Crippen LogP contribution >= 0.6 is 47.0 Å². The molecule has 0 radical (unpaired) electrons. The van der Waals surface area contributed by atoms with Crippen LogP contribution in [0.4, 0.5) is 33.6 Å². The quantitative estimate of drug-likeness (QED) is 0.0116. The number of thiazole rings is 1. The Labute approximate surface area is 415 Å². The van der Waals surface area contributed by atoms with Crippen molar-refractivity contribution in [3.05, 3.63) is 88.4 Å². The molecule has 0 aliphatic heterocycles. The first-order valence-electron chi connectivity index (χ1n) is 19.6. The topological polar surface area (TPSA) is 364 Å². The van der Waals surface area contributed by atoms with Crippen LogP contribution in [0, 0.1) is 25.2 Å². The number of hydrogen-bond donors (Lipinski definition) is 6. The van der Waals surface area contributed by atoms with Gasteiger partial charge in [0.1, 0.15) is 39.3 Å². The summed E-state index contributed by atoms with van der Waals surface area (Å²) in [7, 11) is -9.59. The van der Waals surface area contributed by atoms with Gasteiger partial charge in [-0.1, -0.05) is 45.1 Å². The molecule has 0 spiro atoms. The monoisotopic (exact) mass is 1080 g/mol. The minimum absolute atomic E-state index is 0.0221. The van der Waals surface area contributed by atoms with Crippen LogP contribution in [-0.2, 0) is 39.0 Å². The summed E-state index contributed by atoms with van der Waals surface area (Å²) in [6.07, 6.45) is -0.161. The van der Waals surface area contributed by atoms with Gasteiger partial charge in [-0.05, 0) is 74.4 Å². The smallest absolute Gasteiger partial charge is 0.297 e. The molecule has 31 heteroatoms. The van der Waals surface area contributed by atoms with Crippen LogP contribution in [0.15, 0.2) is 112 Å². The molecule has 71 heavy (non-hydrogen) atoms. The van der Waals surface area contributed by atoms with Crippen molar-refractivity contribution in [3.8, 4) is 23.4 Å². The summed E-state index contributed by atoms with van der Waals surface area (Å²) in [6, 6.07) is 18.2. The highest BCUT2D eigenvalue weighted by Crippen LogP contribution is 2.49. The van der Waals surface area contributed by atoms with Crippen molar-refractivity contribution in [3.63, 3.8) is 0 Å². The molecule has 25 nitrogen and oxygen atoms in total. The summed E-state index contributed by atoms with van der Waals surface area (Å²) >= 11 is 8.32. The van der Waals surface area contributed by atoms with Gasteiger partial charge in [-0.3, -0.25) is 13.5 Å². The minimum atomic E-state index is -5.24. The average molecular weight is 1090 g/mol. The van der Waals surface area contributed by atoms with Gasteiger partial charge >= 0.3 is 0 Å². The molecule has 366 valence electrons. The van der Waals surface area contributed by atoms with Crippen LogP contribution in [0.3, 0.4) is 0 Å². The maximum atomic E-state index is 13.1. The molecule has 0 bridgehead atoms. The normalized spacial score (nSPS) is 12.5. The summed E-state index contributed by atoms with van der Waals surface area (Å²) in [5.74, 6) is -1.89. The highest BCUT2D eigenvalue weighted by molar-refractivity contribution is 7.95. The number of aryl methyl sites for hydroxylation is 1. The molecule has 0 aliphatic rings. The van der Waals surface area contributed by atoms with Crippen LogP contribution in [0.5, 0.6) is 17.4 Å². The lowest BCUT2D eigenvalue weighted by Crippen LogP contribution is -2.08. The number of para-hydroxylation sites is 2. The first-order chi connectivity index (χ1) is 33.9. The molecular formula is C40H29ClN10O15S5. The van der Waals surface area contributed by atoms with Gasteiger partial charge in [0.2, 0.25) is 11.0 Å². The predicted octanol–water partition coefficient (Wildman–Crippen LogP) is 11.8. The Morgan fingerprint density at radius 3 is 2.23 bits per heavy atom. The number of fused-ring (bicyclic) bond motifs is 5. The Morgan fingerprint density at radius 1 is 0.803 bits per heavy atom. The van der Waals surface area contributed by atoms with Crippen LogP contribution in [0.1, 0.15) is 23.1 Å². The molecule has 6 N–H and O–H groups in total. The molecule has 8 rings (SSSR count). The first-order valence-corrected chi connectivity index (χ1v) is 25.3. The average Bonchev–Trinajstić information content (AvgIpc) is 3.91. The maximum absolute atomic E-state index is 13.1. The fourth-order valence-electron chi connectivity index (χ4n) is 6.93.